The first kappa shape index (κ1) is 20.2. The predicted molar refractivity (Wildman–Crippen MR) is 101 cm³/mol. The second kappa shape index (κ2) is 9.00. The van der Waals surface area contributed by atoms with Crippen molar-refractivity contribution in [2.45, 2.75) is 19.9 Å². The van der Waals surface area contributed by atoms with Crippen LogP contribution in [0.5, 0.6) is 0 Å². The largest absolute Gasteiger partial charge is 0.548 e. The summed E-state index contributed by atoms with van der Waals surface area (Å²) in [5, 5.41) is 16.2. The van der Waals surface area contributed by atoms with E-state index in [1.807, 2.05) is 6.92 Å². The number of carbonyl (C=O) groups excluding carboxylic acids is 3. The fourth-order valence-electron chi connectivity index (χ4n) is 2.12. The Labute approximate surface area is 161 Å². The van der Waals surface area contributed by atoms with Crippen LogP contribution in [0.2, 0.25) is 5.02 Å². The molecule has 0 aliphatic carbocycles. The highest BCUT2D eigenvalue weighted by atomic mass is 35.5. The lowest BCUT2D eigenvalue weighted by atomic mass is 10.1. The molecule has 6 nitrogen and oxygen atoms in total. The molecule has 1 atom stereocenters. The Morgan fingerprint density at radius 2 is 1.63 bits per heavy atom. The number of carboxylic acid groups (broad SMARTS) is 1. The summed E-state index contributed by atoms with van der Waals surface area (Å²) in [6.45, 7) is 3.16. The van der Waals surface area contributed by atoms with Crippen LogP contribution < -0.4 is 15.7 Å². The first-order valence-electron chi connectivity index (χ1n) is 8.13. The van der Waals surface area contributed by atoms with Gasteiger partial charge < -0.3 is 20.5 Å². The van der Waals surface area contributed by atoms with Crippen molar-refractivity contribution in [2.75, 3.05) is 0 Å². The zero-order valence-electron chi connectivity index (χ0n) is 14.8. The number of halogens is 1. The fraction of sp³-hybridized carbons (Fsp3) is 0.150. The Morgan fingerprint density at radius 3 is 2.19 bits per heavy atom. The van der Waals surface area contributed by atoms with Crippen LogP contribution in [0.1, 0.15) is 28.4 Å². The lowest BCUT2D eigenvalue weighted by Gasteiger charge is -2.17. The molecule has 2 rings (SSSR count). The molecule has 0 spiro atoms. The summed E-state index contributed by atoms with van der Waals surface area (Å²) >= 11 is 5.85. The van der Waals surface area contributed by atoms with Crippen molar-refractivity contribution in [3.63, 3.8) is 0 Å². The number of benzene rings is 2. The van der Waals surface area contributed by atoms with Gasteiger partial charge in [0.2, 0.25) is 0 Å². The molecule has 2 amide bonds. The summed E-state index contributed by atoms with van der Waals surface area (Å²) in [5.74, 6) is -2.67. The predicted octanol–water partition coefficient (Wildman–Crippen LogP) is 1.67. The molecule has 0 saturated carbocycles. The minimum atomic E-state index is -1.43. The number of hydrogen-bond donors (Lipinski definition) is 2. The van der Waals surface area contributed by atoms with Gasteiger partial charge in [-0.1, -0.05) is 41.4 Å². The smallest absolute Gasteiger partial charge is 0.268 e. The molecule has 0 bridgehead atoms. The van der Waals surface area contributed by atoms with Gasteiger partial charge in [-0.2, -0.15) is 0 Å². The van der Waals surface area contributed by atoms with Crippen LogP contribution >= 0.6 is 11.6 Å². The topological polar surface area (TPSA) is 98.3 Å². The Hall–Kier alpha value is -3.12. The first-order valence-corrected chi connectivity index (χ1v) is 8.51. The highest BCUT2D eigenvalue weighted by molar-refractivity contribution is 6.30. The van der Waals surface area contributed by atoms with Gasteiger partial charge in [-0.25, -0.2) is 0 Å². The monoisotopic (exact) mass is 385 g/mol. The molecule has 0 heterocycles. The van der Waals surface area contributed by atoms with Gasteiger partial charge in [-0.05, 0) is 49.8 Å². The molecule has 27 heavy (non-hydrogen) atoms. The third-order valence-electron chi connectivity index (χ3n) is 3.69. The van der Waals surface area contributed by atoms with Crippen LogP contribution in [0.15, 0.2) is 54.2 Å². The maximum Gasteiger partial charge on any atom is 0.268 e. The molecule has 0 radical (unpaired) electrons. The van der Waals surface area contributed by atoms with E-state index < -0.39 is 23.8 Å². The number of hydrogen-bond acceptors (Lipinski definition) is 4. The van der Waals surface area contributed by atoms with Gasteiger partial charge in [-0.15, -0.1) is 0 Å². The van der Waals surface area contributed by atoms with Crippen molar-refractivity contribution in [3.05, 3.63) is 75.9 Å². The highest BCUT2D eigenvalue weighted by Crippen LogP contribution is 2.13. The molecule has 2 aromatic carbocycles. The van der Waals surface area contributed by atoms with E-state index in [1.54, 1.807) is 48.5 Å². The highest BCUT2D eigenvalue weighted by Gasteiger charge is 2.17. The van der Waals surface area contributed by atoms with Crippen LogP contribution in [-0.2, 0) is 9.59 Å². The van der Waals surface area contributed by atoms with Crippen LogP contribution in [0.4, 0.5) is 0 Å². The van der Waals surface area contributed by atoms with Crippen LogP contribution in [-0.4, -0.2) is 23.8 Å². The third-order valence-corrected chi connectivity index (χ3v) is 3.94. The molecule has 7 heteroatoms. The zero-order chi connectivity index (χ0) is 20.0. The molecule has 2 aromatic rings. The molecule has 0 saturated heterocycles. The van der Waals surface area contributed by atoms with Gasteiger partial charge in [0.25, 0.3) is 11.8 Å². The van der Waals surface area contributed by atoms with Crippen LogP contribution in [0.25, 0.3) is 6.08 Å². The summed E-state index contributed by atoms with van der Waals surface area (Å²) in [4.78, 5) is 35.8. The number of nitrogens with one attached hydrogen (secondary N) is 2. The average Bonchev–Trinajstić information content (AvgIpc) is 2.63. The van der Waals surface area contributed by atoms with Gasteiger partial charge in [0.05, 0.1) is 12.0 Å². The van der Waals surface area contributed by atoms with E-state index in [0.717, 1.165) is 5.56 Å². The molecular formula is C20H18ClN2O4-. The van der Waals surface area contributed by atoms with E-state index in [1.165, 1.54) is 13.0 Å². The van der Waals surface area contributed by atoms with Crippen molar-refractivity contribution in [3.8, 4) is 0 Å². The summed E-state index contributed by atoms with van der Waals surface area (Å²) < 4.78 is 0. The second-order valence-corrected chi connectivity index (χ2v) is 6.38. The van der Waals surface area contributed by atoms with Crippen molar-refractivity contribution < 1.29 is 19.5 Å². The fourth-order valence-corrected chi connectivity index (χ4v) is 2.24. The van der Waals surface area contributed by atoms with E-state index in [9.17, 15) is 19.5 Å². The van der Waals surface area contributed by atoms with E-state index >= 15 is 0 Å². The second-order valence-electron chi connectivity index (χ2n) is 5.94. The Balaban J connectivity index is 2.29. The molecule has 0 aliphatic rings. The van der Waals surface area contributed by atoms with Crippen molar-refractivity contribution >= 4 is 35.5 Å². The minimum absolute atomic E-state index is 0.101. The number of rotatable bonds is 6. The van der Waals surface area contributed by atoms with Gasteiger partial charge in [0, 0.05) is 10.6 Å². The summed E-state index contributed by atoms with van der Waals surface area (Å²) in [5.41, 5.74) is 1.86. The van der Waals surface area contributed by atoms with Crippen molar-refractivity contribution in [2.24, 2.45) is 0 Å². The normalized spacial score (nSPS) is 12.2. The van der Waals surface area contributed by atoms with Gasteiger partial charge >= 0.3 is 0 Å². The molecule has 140 valence electrons. The third kappa shape index (κ3) is 5.97. The molecule has 0 fully saturated rings. The zero-order valence-corrected chi connectivity index (χ0v) is 15.5. The van der Waals surface area contributed by atoms with E-state index in [-0.39, 0.29) is 5.70 Å². The number of aliphatic carboxylic acids is 1. The first-order chi connectivity index (χ1) is 12.8. The number of carboxylic acids is 1. The molecule has 2 N–H and O–H groups in total. The van der Waals surface area contributed by atoms with E-state index in [4.69, 9.17) is 11.6 Å². The Kier molecular flexibility index (Phi) is 6.73. The quantitative estimate of drug-likeness (QED) is 0.739. The maximum atomic E-state index is 12.5. The SMILES string of the molecule is Cc1ccc(C(=O)N/C(=C/c2ccc(Cl)cc2)C(=O)N[C@H](C)C(=O)[O-])cc1. The summed E-state index contributed by atoms with van der Waals surface area (Å²) in [6, 6.07) is 12.2. The molecule has 0 aliphatic heterocycles. The maximum absolute atomic E-state index is 12.5. The molecule has 0 unspecified atom stereocenters. The lowest BCUT2D eigenvalue weighted by molar-refractivity contribution is -0.307. The van der Waals surface area contributed by atoms with E-state index in [0.29, 0.717) is 16.1 Å². The number of aryl methyl sites for hydroxylation is 1. The standard InChI is InChI=1S/C20H19ClN2O4/c1-12-3-7-15(8-4-12)18(24)23-17(19(25)22-13(2)20(26)27)11-14-5-9-16(21)10-6-14/h3-11,13H,1-2H3,(H,22,25)(H,23,24)(H,26,27)/p-1/b17-11+/t13-/m1/s1. The van der Waals surface area contributed by atoms with Crippen LogP contribution in [0.3, 0.4) is 0 Å². The van der Waals surface area contributed by atoms with Gasteiger partial charge in [-0.3, -0.25) is 9.59 Å². The van der Waals surface area contributed by atoms with Gasteiger partial charge in [0.15, 0.2) is 0 Å². The van der Waals surface area contributed by atoms with Crippen LogP contribution in [0, 0.1) is 6.92 Å². The Bertz CT molecular complexity index is 874. The van der Waals surface area contributed by atoms with E-state index in [2.05, 4.69) is 10.6 Å². The summed E-state index contributed by atoms with van der Waals surface area (Å²) in [7, 11) is 0. The molecular weight excluding hydrogens is 368 g/mol. The minimum Gasteiger partial charge on any atom is -0.548 e. The van der Waals surface area contributed by atoms with Crippen molar-refractivity contribution in [1.82, 2.24) is 10.6 Å². The van der Waals surface area contributed by atoms with Gasteiger partial charge in [0.1, 0.15) is 5.70 Å². The number of amides is 2. The van der Waals surface area contributed by atoms with Crippen molar-refractivity contribution in [1.29, 1.82) is 0 Å². The lowest BCUT2D eigenvalue weighted by Crippen LogP contribution is -2.48. The number of carbonyl (C=O) groups is 3. The molecule has 0 aromatic heterocycles. The average molecular weight is 386 g/mol. The Morgan fingerprint density at radius 1 is 1.04 bits per heavy atom. The summed E-state index contributed by atoms with van der Waals surface area (Å²) in [6.07, 6.45) is 1.43.